The summed E-state index contributed by atoms with van der Waals surface area (Å²) in [5, 5.41) is 3.31. The van der Waals surface area contributed by atoms with E-state index in [1.807, 2.05) is 36.1 Å². The highest BCUT2D eigenvalue weighted by Gasteiger charge is 2.32. The van der Waals surface area contributed by atoms with E-state index in [2.05, 4.69) is 24.1 Å². The summed E-state index contributed by atoms with van der Waals surface area (Å²) >= 11 is 0. The summed E-state index contributed by atoms with van der Waals surface area (Å²) in [6, 6.07) is 8.02. The van der Waals surface area contributed by atoms with Crippen molar-refractivity contribution in [3.05, 3.63) is 29.8 Å². The molecule has 2 amide bonds. The summed E-state index contributed by atoms with van der Waals surface area (Å²) in [6.07, 6.45) is 4.79. The number of nitrogens with zero attached hydrogens (tertiary/aromatic N) is 2. The molecule has 4 atom stereocenters. The summed E-state index contributed by atoms with van der Waals surface area (Å²) in [7, 11) is 1.65. The van der Waals surface area contributed by atoms with Crippen molar-refractivity contribution >= 4 is 11.8 Å². The van der Waals surface area contributed by atoms with Crippen LogP contribution in [0.1, 0.15) is 52.0 Å². The van der Waals surface area contributed by atoms with Crippen LogP contribution < -0.4 is 10.1 Å². The lowest BCUT2D eigenvalue weighted by atomic mass is 9.78. The van der Waals surface area contributed by atoms with Crippen LogP contribution in [-0.4, -0.2) is 67.0 Å². The second kappa shape index (κ2) is 11.0. The Bertz CT molecular complexity index is 728. The van der Waals surface area contributed by atoms with Gasteiger partial charge in [0.05, 0.1) is 13.2 Å². The number of amides is 2. The highest BCUT2D eigenvalue weighted by molar-refractivity contribution is 5.81. The molecule has 6 heteroatoms. The molecule has 1 heterocycles. The van der Waals surface area contributed by atoms with Crippen LogP contribution in [-0.2, 0) is 16.0 Å². The van der Waals surface area contributed by atoms with Crippen LogP contribution in [0.4, 0.5) is 0 Å². The highest BCUT2D eigenvalue weighted by atomic mass is 16.5. The molecule has 1 aliphatic carbocycles. The third-order valence-electron chi connectivity index (χ3n) is 7.42. The zero-order valence-corrected chi connectivity index (χ0v) is 19.6. The zero-order valence-electron chi connectivity index (χ0n) is 19.6. The average Bonchev–Trinajstić information content (AvgIpc) is 2.80. The lowest BCUT2D eigenvalue weighted by Gasteiger charge is -2.39. The number of carbonyl (C=O) groups is 2. The van der Waals surface area contributed by atoms with Crippen LogP contribution >= 0.6 is 0 Å². The summed E-state index contributed by atoms with van der Waals surface area (Å²) in [5.41, 5.74) is 1.14. The largest absolute Gasteiger partial charge is 0.497 e. The smallest absolute Gasteiger partial charge is 0.237 e. The van der Waals surface area contributed by atoms with E-state index in [4.69, 9.17) is 4.74 Å². The van der Waals surface area contributed by atoms with Crippen molar-refractivity contribution < 1.29 is 14.3 Å². The molecule has 31 heavy (non-hydrogen) atoms. The fraction of sp³-hybridized carbons (Fsp3) is 0.680. The van der Waals surface area contributed by atoms with E-state index in [1.54, 1.807) is 7.11 Å². The van der Waals surface area contributed by atoms with E-state index in [1.165, 1.54) is 12.8 Å². The number of methoxy groups -OCH3 is 1. The zero-order chi connectivity index (χ0) is 22.4. The number of nitrogens with one attached hydrogen (secondary N) is 1. The average molecular weight is 430 g/mol. The molecule has 2 fully saturated rings. The van der Waals surface area contributed by atoms with Gasteiger partial charge in [-0.05, 0) is 49.3 Å². The first kappa shape index (κ1) is 23.6. The Hall–Kier alpha value is -2.08. The topological polar surface area (TPSA) is 61.9 Å². The Morgan fingerprint density at radius 3 is 2.42 bits per heavy atom. The maximum absolute atomic E-state index is 12.8. The Kier molecular flexibility index (Phi) is 8.35. The van der Waals surface area contributed by atoms with Crippen molar-refractivity contribution in [3.8, 4) is 5.75 Å². The minimum absolute atomic E-state index is 0.130. The molecule has 0 spiro atoms. The lowest BCUT2D eigenvalue weighted by Crippen LogP contribution is -2.56. The third-order valence-corrected chi connectivity index (χ3v) is 7.42. The molecule has 3 rings (SSSR count). The van der Waals surface area contributed by atoms with Gasteiger partial charge < -0.3 is 15.0 Å². The number of hydrogen-bond acceptors (Lipinski definition) is 4. The number of benzene rings is 1. The van der Waals surface area contributed by atoms with Crippen molar-refractivity contribution in [3.63, 3.8) is 0 Å². The molecule has 0 radical (unpaired) electrons. The normalized spacial score (nSPS) is 25.7. The van der Waals surface area contributed by atoms with Gasteiger partial charge in [0.15, 0.2) is 0 Å². The van der Waals surface area contributed by atoms with Crippen LogP contribution in [0.5, 0.6) is 5.75 Å². The van der Waals surface area contributed by atoms with E-state index in [0.717, 1.165) is 37.2 Å². The molecular weight excluding hydrogens is 390 g/mol. The Morgan fingerprint density at radius 1 is 1.10 bits per heavy atom. The van der Waals surface area contributed by atoms with Crippen molar-refractivity contribution in [2.75, 3.05) is 33.3 Å². The second-order valence-corrected chi connectivity index (χ2v) is 9.32. The summed E-state index contributed by atoms with van der Waals surface area (Å²) in [5.74, 6) is 2.35. The van der Waals surface area contributed by atoms with Gasteiger partial charge in [0.25, 0.3) is 0 Å². The van der Waals surface area contributed by atoms with E-state index in [-0.39, 0.29) is 17.9 Å². The Labute approximate surface area is 187 Å². The van der Waals surface area contributed by atoms with Crippen LogP contribution in [0.3, 0.4) is 0 Å². The molecule has 172 valence electrons. The first-order valence-electron chi connectivity index (χ1n) is 11.8. The van der Waals surface area contributed by atoms with E-state index >= 15 is 0 Å². The van der Waals surface area contributed by atoms with Crippen molar-refractivity contribution in [1.29, 1.82) is 0 Å². The van der Waals surface area contributed by atoms with Crippen LogP contribution in [0.2, 0.25) is 0 Å². The van der Waals surface area contributed by atoms with Gasteiger partial charge >= 0.3 is 0 Å². The molecule has 1 saturated heterocycles. The van der Waals surface area contributed by atoms with Crippen molar-refractivity contribution in [2.45, 2.75) is 65.0 Å². The Balaban J connectivity index is 1.41. The van der Waals surface area contributed by atoms with Gasteiger partial charge in [-0.2, -0.15) is 0 Å². The molecule has 1 saturated carbocycles. The fourth-order valence-corrected chi connectivity index (χ4v) is 4.82. The second-order valence-electron chi connectivity index (χ2n) is 9.32. The molecule has 1 aromatic rings. The summed E-state index contributed by atoms with van der Waals surface area (Å²) in [4.78, 5) is 29.6. The summed E-state index contributed by atoms with van der Waals surface area (Å²) < 4.78 is 5.18. The number of aryl methyl sites for hydroxylation is 1. The first-order chi connectivity index (χ1) is 14.9. The van der Waals surface area contributed by atoms with Gasteiger partial charge in [-0.3, -0.25) is 14.5 Å². The Morgan fingerprint density at radius 2 is 1.77 bits per heavy atom. The van der Waals surface area contributed by atoms with Gasteiger partial charge in [-0.25, -0.2) is 0 Å². The number of hydrogen-bond donors (Lipinski definition) is 1. The van der Waals surface area contributed by atoms with Gasteiger partial charge in [-0.1, -0.05) is 38.8 Å². The van der Waals surface area contributed by atoms with Crippen molar-refractivity contribution in [1.82, 2.24) is 15.1 Å². The van der Waals surface area contributed by atoms with Gasteiger partial charge in [0.2, 0.25) is 11.8 Å². The monoisotopic (exact) mass is 429 g/mol. The third kappa shape index (κ3) is 6.22. The minimum Gasteiger partial charge on any atom is -0.497 e. The molecular formula is C25H39N3O3. The number of piperazine rings is 1. The van der Waals surface area contributed by atoms with Crippen LogP contribution in [0.15, 0.2) is 24.3 Å². The predicted molar refractivity (Wildman–Crippen MR) is 123 cm³/mol. The van der Waals surface area contributed by atoms with Crippen molar-refractivity contribution in [2.24, 2.45) is 11.8 Å². The maximum atomic E-state index is 12.8. The van der Waals surface area contributed by atoms with Crippen LogP contribution in [0.25, 0.3) is 0 Å². The highest BCUT2D eigenvalue weighted by Crippen LogP contribution is 2.29. The van der Waals surface area contributed by atoms with Gasteiger partial charge in [-0.15, -0.1) is 0 Å². The van der Waals surface area contributed by atoms with Gasteiger partial charge in [0, 0.05) is 38.6 Å². The first-order valence-corrected chi connectivity index (χ1v) is 11.8. The SMILES string of the molecule is COc1ccc(CCC(=O)N2CCN(C(C)C(=O)NC3CCCC(C)C3C)CC2)cc1. The standard InChI is InChI=1S/C25H39N3O3/c1-18-6-5-7-23(19(18)2)26-25(30)20(3)27-14-16-28(17-15-27)24(29)13-10-21-8-11-22(31-4)12-9-21/h8-9,11-12,18-20,23H,5-7,10,13-17H2,1-4H3,(H,26,30). The predicted octanol–water partition coefficient (Wildman–Crippen LogP) is 3.10. The summed E-state index contributed by atoms with van der Waals surface area (Å²) in [6.45, 7) is 9.42. The molecule has 1 aliphatic heterocycles. The quantitative estimate of drug-likeness (QED) is 0.724. The minimum atomic E-state index is -0.152. The van der Waals surface area contributed by atoms with E-state index in [9.17, 15) is 9.59 Å². The maximum Gasteiger partial charge on any atom is 0.237 e. The van der Waals surface area contributed by atoms with Gasteiger partial charge in [0.1, 0.15) is 5.75 Å². The molecule has 4 unspecified atom stereocenters. The lowest BCUT2D eigenvalue weighted by molar-refractivity contribution is -0.134. The fourth-order valence-electron chi connectivity index (χ4n) is 4.82. The molecule has 2 aliphatic rings. The number of ether oxygens (including phenoxy) is 1. The number of carbonyl (C=O) groups excluding carboxylic acids is 2. The van der Waals surface area contributed by atoms with Crippen LogP contribution in [0, 0.1) is 11.8 Å². The molecule has 0 aromatic heterocycles. The molecule has 1 aromatic carbocycles. The number of rotatable bonds is 7. The van der Waals surface area contributed by atoms with E-state index < -0.39 is 0 Å². The molecule has 0 bridgehead atoms. The molecule has 6 nitrogen and oxygen atoms in total. The van der Waals surface area contributed by atoms with E-state index in [0.29, 0.717) is 37.4 Å². The molecule has 1 N–H and O–H groups in total.